The zero-order valence-corrected chi connectivity index (χ0v) is 12.5. The summed E-state index contributed by atoms with van der Waals surface area (Å²) in [4.78, 5) is 11.8. The van der Waals surface area contributed by atoms with Gasteiger partial charge in [0.1, 0.15) is 5.69 Å². The first-order chi connectivity index (χ1) is 10.1. The van der Waals surface area contributed by atoms with Crippen molar-refractivity contribution in [1.82, 2.24) is 15.0 Å². The van der Waals surface area contributed by atoms with Crippen molar-refractivity contribution in [1.29, 1.82) is 0 Å². The Hall–Kier alpha value is -1.92. The van der Waals surface area contributed by atoms with Crippen LogP contribution >= 0.6 is 11.6 Å². The van der Waals surface area contributed by atoms with Gasteiger partial charge in [0.2, 0.25) is 0 Å². The van der Waals surface area contributed by atoms with Crippen LogP contribution in [0.15, 0.2) is 24.3 Å². The summed E-state index contributed by atoms with van der Waals surface area (Å²) in [6.07, 6.45) is 0. The molecule has 2 aromatic rings. The van der Waals surface area contributed by atoms with Gasteiger partial charge in [0.25, 0.3) is 0 Å². The molecular weight excluding hydrogens is 294 g/mol. The highest BCUT2D eigenvalue weighted by atomic mass is 35.5. The van der Waals surface area contributed by atoms with Gasteiger partial charge in [0.15, 0.2) is 5.69 Å². The smallest absolute Gasteiger partial charge is 0.360 e. The summed E-state index contributed by atoms with van der Waals surface area (Å²) in [5.74, 6) is -0.564. The van der Waals surface area contributed by atoms with Crippen LogP contribution in [0.25, 0.3) is 11.3 Å². The molecule has 0 saturated carbocycles. The number of esters is 1. The van der Waals surface area contributed by atoms with E-state index in [4.69, 9.17) is 16.3 Å². The maximum atomic E-state index is 11.8. The van der Waals surface area contributed by atoms with Crippen molar-refractivity contribution in [3.05, 3.63) is 35.0 Å². The van der Waals surface area contributed by atoms with Crippen LogP contribution in [-0.2, 0) is 11.3 Å². The van der Waals surface area contributed by atoms with Gasteiger partial charge in [-0.3, -0.25) is 0 Å². The molecule has 0 spiro atoms. The van der Waals surface area contributed by atoms with E-state index >= 15 is 0 Å². The van der Waals surface area contributed by atoms with Gasteiger partial charge < -0.3 is 9.84 Å². The minimum atomic E-state index is -0.553. The van der Waals surface area contributed by atoms with E-state index in [-0.39, 0.29) is 18.2 Å². The average Bonchev–Trinajstić information content (AvgIpc) is 2.90. The molecule has 1 heterocycles. The second-order valence-electron chi connectivity index (χ2n) is 4.75. The van der Waals surface area contributed by atoms with Gasteiger partial charge >= 0.3 is 5.97 Å². The number of methoxy groups -OCH3 is 1. The fourth-order valence-corrected chi connectivity index (χ4v) is 2.05. The second kappa shape index (κ2) is 6.69. The topological polar surface area (TPSA) is 77.2 Å². The number of aromatic nitrogens is 3. The Morgan fingerprint density at radius 1 is 1.43 bits per heavy atom. The Morgan fingerprint density at radius 3 is 2.67 bits per heavy atom. The molecule has 6 nitrogen and oxygen atoms in total. The van der Waals surface area contributed by atoms with Crippen LogP contribution in [0.3, 0.4) is 0 Å². The zero-order valence-electron chi connectivity index (χ0n) is 11.8. The number of halogens is 1. The summed E-state index contributed by atoms with van der Waals surface area (Å²) < 4.78 is 6.33. The predicted octanol–water partition coefficient (Wildman–Crippen LogP) is 2.01. The number of aliphatic hydroxyl groups excluding tert-OH is 1. The van der Waals surface area contributed by atoms with Crippen molar-refractivity contribution >= 4 is 17.6 Å². The first kappa shape index (κ1) is 15.5. The highest BCUT2D eigenvalue weighted by Gasteiger charge is 2.22. The van der Waals surface area contributed by atoms with Crippen LogP contribution < -0.4 is 0 Å². The number of nitrogens with zero attached hydrogens (tertiary/aromatic N) is 3. The molecule has 1 unspecified atom stereocenters. The molecule has 0 aliphatic heterocycles. The molecule has 1 aromatic carbocycles. The van der Waals surface area contributed by atoms with Crippen molar-refractivity contribution in [3.63, 3.8) is 0 Å². The van der Waals surface area contributed by atoms with E-state index in [1.807, 2.05) is 6.92 Å². The number of carbonyl (C=O) groups excluding carboxylic acids is 1. The summed E-state index contributed by atoms with van der Waals surface area (Å²) in [6, 6.07) is 7.02. The van der Waals surface area contributed by atoms with Crippen LogP contribution in [0, 0.1) is 5.92 Å². The Morgan fingerprint density at radius 2 is 2.10 bits per heavy atom. The van der Waals surface area contributed by atoms with E-state index < -0.39 is 5.97 Å². The molecule has 0 amide bonds. The lowest BCUT2D eigenvalue weighted by molar-refractivity contribution is 0.0595. The van der Waals surface area contributed by atoms with E-state index in [2.05, 4.69) is 10.3 Å². The lowest BCUT2D eigenvalue weighted by Gasteiger charge is -2.11. The maximum Gasteiger partial charge on any atom is 0.360 e. The van der Waals surface area contributed by atoms with Gasteiger partial charge in [0.05, 0.1) is 7.11 Å². The SMILES string of the molecule is COC(=O)c1nnn(CC(C)CO)c1-c1ccc(Cl)cc1. The largest absolute Gasteiger partial charge is 0.464 e. The average molecular weight is 310 g/mol. The van der Waals surface area contributed by atoms with Gasteiger partial charge in [-0.05, 0) is 18.1 Å². The monoisotopic (exact) mass is 309 g/mol. The molecule has 1 aromatic heterocycles. The fraction of sp³-hybridized carbons (Fsp3) is 0.357. The molecule has 1 N–H and O–H groups in total. The third-order valence-electron chi connectivity index (χ3n) is 3.03. The van der Waals surface area contributed by atoms with Gasteiger partial charge in [-0.25, -0.2) is 9.48 Å². The Bertz CT molecular complexity index is 625. The number of hydrogen-bond acceptors (Lipinski definition) is 5. The minimum absolute atomic E-state index is 0.0109. The first-order valence-corrected chi connectivity index (χ1v) is 6.83. The summed E-state index contributed by atoms with van der Waals surface area (Å²) in [5, 5.41) is 17.7. The standard InChI is InChI=1S/C14H16ClN3O3/c1-9(8-19)7-18-13(10-3-5-11(15)6-4-10)12(16-17-18)14(20)21-2/h3-6,9,19H,7-8H2,1-2H3. The van der Waals surface area contributed by atoms with Crippen molar-refractivity contribution in [2.24, 2.45) is 5.92 Å². The van der Waals surface area contributed by atoms with E-state index in [9.17, 15) is 9.90 Å². The molecular formula is C14H16ClN3O3. The third kappa shape index (κ3) is 3.40. The summed E-state index contributed by atoms with van der Waals surface area (Å²) in [6.45, 7) is 2.34. The summed E-state index contributed by atoms with van der Waals surface area (Å²) in [5.41, 5.74) is 1.46. The predicted molar refractivity (Wildman–Crippen MR) is 78.1 cm³/mol. The van der Waals surface area contributed by atoms with E-state index in [1.165, 1.54) is 7.11 Å². The van der Waals surface area contributed by atoms with Gasteiger partial charge in [0, 0.05) is 23.7 Å². The maximum absolute atomic E-state index is 11.8. The molecule has 0 aliphatic carbocycles. The van der Waals surface area contributed by atoms with Crippen molar-refractivity contribution < 1.29 is 14.6 Å². The highest BCUT2D eigenvalue weighted by molar-refractivity contribution is 6.30. The van der Waals surface area contributed by atoms with Gasteiger partial charge in [-0.2, -0.15) is 0 Å². The molecule has 0 radical (unpaired) electrons. The first-order valence-electron chi connectivity index (χ1n) is 6.45. The number of benzene rings is 1. The zero-order chi connectivity index (χ0) is 15.4. The third-order valence-corrected chi connectivity index (χ3v) is 3.28. The quantitative estimate of drug-likeness (QED) is 0.855. The van der Waals surface area contributed by atoms with Crippen LogP contribution in [-0.4, -0.2) is 39.8 Å². The van der Waals surface area contributed by atoms with E-state index in [1.54, 1.807) is 28.9 Å². The molecule has 7 heteroatoms. The second-order valence-corrected chi connectivity index (χ2v) is 5.19. The number of carbonyl (C=O) groups is 1. The van der Waals surface area contributed by atoms with Crippen LogP contribution in [0.2, 0.25) is 5.02 Å². The molecule has 0 bridgehead atoms. The summed E-state index contributed by atoms with van der Waals surface area (Å²) >= 11 is 5.89. The summed E-state index contributed by atoms with van der Waals surface area (Å²) in [7, 11) is 1.29. The number of ether oxygens (including phenoxy) is 1. The molecule has 0 saturated heterocycles. The molecule has 21 heavy (non-hydrogen) atoms. The Kier molecular flexibility index (Phi) is 4.93. The fourth-order valence-electron chi connectivity index (χ4n) is 1.92. The van der Waals surface area contributed by atoms with Crippen LogP contribution in [0.1, 0.15) is 17.4 Å². The van der Waals surface area contributed by atoms with Gasteiger partial charge in [-0.1, -0.05) is 35.9 Å². The number of rotatable bonds is 5. The molecule has 2 rings (SSSR count). The normalized spacial score (nSPS) is 12.2. The lowest BCUT2D eigenvalue weighted by atomic mass is 10.1. The van der Waals surface area contributed by atoms with E-state index in [0.29, 0.717) is 17.3 Å². The Balaban J connectivity index is 2.50. The van der Waals surface area contributed by atoms with Gasteiger partial charge in [-0.15, -0.1) is 5.10 Å². The van der Waals surface area contributed by atoms with Crippen LogP contribution in [0.4, 0.5) is 0 Å². The molecule has 112 valence electrons. The van der Waals surface area contributed by atoms with E-state index in [0.717, 1.165) is 5.56 Å². The number of aliphatic hydroxyl groups is 1. The molecule has 0 fully saturated rings. The lowest BCUT2D eigenvalue weighted by Crippen LogP contribution is -2.14. The van der Waals surface area contributed by atoms with Crippen molar-refractivity contribution in [2.45, 2.75) is 13.5 Å². The number of hydrogen-bond donors (Lipinski definition) is 1. The van der Waals surface area contributed by atoms with Crippen molar-refractivity contribution in [2.75, 3.05) is 13.7 Å². The minimum Gasteiger partial charge on any atom is -0.464 e. The van der Waals surface area contributed by atoms with Crippen molar-refractivity contribution in [3.8, 4) is 11.3 Å². The molecule has 0 aliphatic rings. The van der Waals surface area contributed by atoms with Crippen LogP contribution in [0.5, 0.6) is 0 Å². The molecule has 1 atom stereocenters. The Labute approximate surface area is 127 Å². The highest BCUT2D eigenvalue weighted by Crippen LogP contribution is 2.25.